The molecule has 1 heterocycles. The fourth-order valence-electron chi connectivity index (χ4n) is 0.986. The Balaban J connectivity index is 2.41. The number of thioether (sulfide) groups is 1. The topological polar surface area (TPSA) is 15.3 Å². The van der Waals surface area contributed by atoms with E-state index < -0.39 is 0 Å². The van der Waals surface area contributed by atoms with Crippen LogP contribution in [0.2, 0.25) is 0 Å². The molecule has 0 amide bonds. The summed E-state index contributed by atoms with van der Waals surface area (Å²) in [6, 6.07) is 0. The molecule has 1 aliphatic heterocycles. The Morgan fingerprint density at radius 2 is 2.22 bits per heavy atom. The smallest absolute Gasteiger partial charge is 0.0720 e. The highest BCUT2D eigenvalue weighted by molar-refractivity contribution is 8.00. The summed E-state index contributed by atoms with van der Waals surface area (Å²) in [5.41, 5.74) is 3.35. The van der Waals surface area contributed by atoms with Crippen molar-refractivity contribution >= 4 is 11.8 Å². The molecule has 1 N–H and O–H groups in total. The second-order valence-electron chi connectivity index (χ2n) is 2.89. The van der Waals surface area contributed by atoms with Crippen LogP contribution in [0.5, 0.6) is 0 Å². The molecule has 1 saturated heterocycles. The lowest BCUT2D eigenvalue weighted by atomic mass is 10.4. The van der Waals surface area contributed by atoms with E-state index in [1.807, 2.05) is 11.8 Å². The predicted octanol–water partition coefficient (Wildman–Crippen LogP) is 0.906. The van der Waals surface area contributed by atoms with Gasteiger partial charge in [0, 0.05) is 19.3 Å². The average molecular weight is 146 g/mol. The molecule has 0 radical (unpaired) electrons. The van der Waals surface area contributed by atoms with Crippen molar-refractivity contribution in [3.8, 4) is 0 Å². The maximum absolute atomic E-state index is 3.35. The van der Waals surface area contributed by atoms with Gasteiger partial charge in [-0.3, -0.25) is 0 Å². The minimum atomic E-state index is 0.243. The molecule has 0 unspecified atom stereocenters. The maximum Gasteiger partial charge on any atom is 0.0720 e. The average Bonchev–Trinajstić information content (AvgIpc) is 1.60. The van der Waals surface area contributed by atoms with E-state index in [-0.39, 0.29) is 4.87 Å². The summed E-state index contributed by atoms with van der Waals surface area (Å²) >= 11 is 1.97. The van der Waals surface area contributed by atoms with Crippen molar-refractivity contribution < 1.29 is 0 Å². The first-order chi connectivity index (χ1) is 4.10. The summed E-state index contributed by atoms with van der Waals surface area (Å²) in [6.07, 6.45) is 0. The van der Waals surface area contributed by atoms with E-state index in [1.54, 1.807) is 0 Å². The van der Waals surface area contributed by atoms with E-state index in [0.29, 0.717) is 0 Å². The SMILES string of the molecule is CN1CCSC(C)(C)N1. The molecular weight excluding hydrogens is 132 g/mol. The lowest BCUT2D eigenvalue weighted by Gasteiger charge is -2.36. The van der Waals surface area contributed by atoms with Crippen molar-refractivity contribution in [2.45, 2.75) is 18.7 Å². The molecule has 54 valence electrons. The third kappa shape index (κ3) is 2.16. The van der Waals surface area contributed by atoms with Gasteiger partial charge in [-0.2, -0.15) is 0 Å². The minimum absolute atomic E-state index is 0.243. The first-order valence-corrected chi connectivity index (χ1v) is 4.22. The van der Waals surface area contributed by atoms with Gasteiger partial charge in [0.2, 0.25) is 0 Å². The number of hydrazine groups is 1. The maximum atomic E-state index is 3.35. The molecule has 0 aliphatic carbocycles. The Morgan fingerprint density at radius 3 is 2.56 bits per heavy atom. The Hall–Kier alpha value is 0.270. The van der Waals surface area contributed by atoms with Crippen molar-refractivity contribution in [3.05, 3.63) is 0 Å². The van der Waals surface area contributed by atoms with Crippen LogP contribution >= 0.6 is 11.8 Å². The summed E-state index contributed by atoms with van der Waals surface area (Å²) in [5, 5.41) is 2.15. The lowest BCUT2D eigenvalue weighted by Crippen LogP contribution is -2.51. The number of rotatable bonds is 0. The quantitative estimate of drug-likeness (QED) is 0.547. The summed E-state index contributed by atoms with van der Waals surface area (Å²) in [4.78, 5) is 0.243. The van der Waals surface area contributed by atoms with E-state index in [1.165, 1.54) is 5.75 Å². The molecular formula is C6H14N2S. The van der Waals surface area contributed by atoms with Gasteiger partial charge >= 0.3 is 0 Å². The normalized spacial score (nSPS) is 28.3. The van der Waals surface area contributed by atoms with E-state index in [9.17, 15) is 0 Å². The first kappa shape index (κ1) is 7.38. The molecule has 1 rings (SSSR count). The second kappa shape index (κ2) is 2.48. The molecule has 0 aromatic heterocycles. The monoisotopic (exact) mass is 146 g/mol. The highest BCUT2D eigenvalue weighted by Crippen LogP contribution is 2.24. The molecule has 0 aromatic carbocycles. The zero-order valence-electron chi connectivity index (χ0n) is 6.27. The van der Waals surface area contributed by atoms with Crippen LogP contribution in [-0.2, 0) is 0 Å². The third-order valence-corrected chi connectivity index (χ3v) is 2.55. The Morgan fingerprint density at radius 1 is 1.56 bits per heavy atom. The molecule has 0 saturated carbocycles. The van der Waals surface area contributed by atoms with Gasteiger partial charge in [0.05, 0.1) is 4.87 Å². The van der Waals surface area contributed by atoms with Crippen LogP contribution < -0.4 is 5.43 Å². The largest absolute Gasteiger partial charge is 0.245 e. The molecule has 0 aromatic rings. The summed E-state index contributed by atoms with van der Waals surface area (Å²) in [5.74, 6) is 1.23. The van der Waals surface area contributed by atoms with Crippen LogP contribution in [0.25, 0.3) is 0 Å². The molecule has 1 aliphatic rings. The number of hydrogen-bond acceptors (Lipinski definition) is 3. The van der Waals surface area contributed by atoms with Gasteiger partial charge in [-0.1, -0.05) is 0 Å². The van der Waals surface area contributed by atoms with Crippen LogP contribution in [0.15, 0.2) is 0 Å². The summed E-state index contributed by atoms with van der Waals surface area (Å²) in [7, 11) is 2.08. The van der Waals surface area contributed by atoms with Crippen molar-refractivity contribution in [1.82, 2.24) is 10.4 Å². The van der Waals surface area contributed by atoms with Crippen LogP contribution in [0.3, 0.4) is 0 Å². The van der Waals surface area contributed by atoms with Gasteiger partial charge in [-0.15, -0.1) is 11.8 Å². The van der Waals surface area contributed by atoms with E-state index in [4.69, 9.17) is 0 Å². The summed E-state index contributed by atoms with van der Waals surface area (Å²) < 4.78 is 0. The third-order valence-electron chi connectivity index (χ3n) is 1.35. The molecule has 3 heteroatoms. The van der Waals surface area contributed by atoms with Crippen LogP contribution in [0, 0.1) is 0 Å². The van der Waals surface area contributed by atoms with E-state index in [0.717, 1.165) is 6.54 Å². The molecule has 1 fully saturated rings. The van der Waals surface area contributed by atoms with Gasteiger partial charge < -0.3 is 0 Å². The fourth-order valence-corrected chi connectivity index (χ4v) is 2.08. The Kier molecular flexibility index (Phi) is 2.03. The van der Waals surface area contributed by atoms with Gasteiger partial charge in [-0.05, 0) is 13.8 Å². The molecule has 0 bridgehead atoms. The number of nitrogens with one attached hydrogen (secondary N) is 1. The molecule has 0 spiro atoms. The van der Waals surface area contributed by atoms with Crippen molar-refractivity contribution in [3.63, 3.8) is 0 Å². The highest BCUT2D eigenvalue weighted by Gasteiger charge is 2.23. The van der Waals surface area contributed by atoms with Crippen molar-refractivity contribution in [2.75, 3.05) is 19.3 Å². The van der Waals surface area contributed by atoms with Gasteiger partial charge in [0.1, 0.15) is 0 Å². The molecule has 9 heavy (non-hydrogen) atoms. The molecule has 0 atom stereocenters. The summed E-state index contributed by atoms with van der Waals surface area (Å²) in [6.45, 7) is 5.55. The van der Waals surface area contributed by atoms with Gasteiger partial charge in [0.15, 0.2) is 0 Å². The minimum Gasteiger partial charge on any atom is -0.245 e. The van der Waals surface area contributed by atoms with Crippen LogP contribution in [0.1, 0.15) is 13.8 Å². The van der Waals surface area contributed by atoms with Crippen molar-refractivity contribution in [1.29, 1.82) is 0 Å². The first-order valence-electron chi connectivity index (χ1n) is 3.23. The zero-order chi connectivity index (χ0) is 6.91. The van der Waals surface area contributed by atoms with Crippen LogP contribution in [-0.4, -0.2) is 29.2 Å². The Labute approximate surface area is 61.0 Å². The standard InChI is InChI=1S/C6H14N2S/c1-6(2)7-8(3)4-5-9-6/h7H,4-5H2,1-3H3. The second-order valence-corrected chi connectivity index (χ2v) is 4.61. The van der Waals surface area contributed by atoms with E-state index >= 15 is 0 Å². The van der Waals surface area contributed by atoms with Crippen molar-refractivity contribution in [2.24, 2.45) is 0 Å². The fraction of sp³-hybridized carbons (Fsp3) is 1.00. The zero-order valence-corrected chi connectivity index (χ0v) is 7.09. The lowest BCUT2D eigenvalue weighted by molar-refractivity contribution is 0.198. The predicted molar refractivity (Wildman–Crippen MR) is 42.3 cm³/mol. The van der Waals surface area contributed by atoms with E-state index in [2.05, 4.69) is 31.3 Å². The number of nitrogens with zero attached hydrogens (tertiary/aromatic N) is 1. The van der Waals surface area contributed by atoms with Gasteiger partial charge in [0.25, 0.3) is 0 Å². The van der Waals surface area contributed by atoms with Crippen LogP contribution in [0.4, 0.5) is 0 Å². The number of hydrogen-bond donors (Lipinski definition) is 1. The van der Waals surface area contributed by atoms with Gasteiger partial charge in [-0.25, -0.2) is 10.4 Å². The highest BCUT2D eigenvalue weighted by atomic mass is 32.2. The Bertz CT molecular complexity index is 103. The molecule has 2 nitrogen and oxygen atoms in total.